The maximum absolute atomic E-state index is 11.5. The number of hydrogen-bond donors (Lipinski definition) is 0. The van der Waals surface area contributed by atoms with Gasteiger partial charge in [-0.25, -0.2) is 0 Å². The van der Waals surface area contributed by atoms with E-state index in [1.807, 2.05) is 0 Å². The van der Waals surface area contributed by atoms with Gasteiger partial charge in [-0.05, 0) is 18.9 Å². The zero-order chi connectivity index (χ0) is 12.3. The van der Waals surface area contributed by atoms with Crippen LogP contribution >= 0.6 is 0 Å². The van der Waals surface area contributed by atoms with E-state index in [9.17, 15) is 9.59 Å². The van der Waals surface area contributed by atoms with Crippen molar-refractivity contribution in [1.29, 1.82) is 0 Å². The molecule has 0 aliphatic carbocycles. The fraction of sp³-hybridized carbons (Fsp3) is 0.667. The Bertz CT molecular complexity index is 322. The highest BCUT2D eigenvalue weighted by Gasteiger charge is 2.35. The van der Waals surface area contributed by atoms with Crippen LogP contribution in [0.4, 0.5) is 0 Å². The Hall–Kier alpha value is -1.20. The number of carbonyl (C=O) groups excluding carboxylic acids is 2. The van der Waals surface area contributed by atoms with Gasteiger partial charge in [-0.15, -0.1) is 0 Å². The summed E-state index contributed by atoms with van der Waals surface area (Å²) >= 11 is 0. The Labute approximate surface area is 100 Å². The Morgan fingerprint density at radius 1 is 1.59 bits per heavy atom. The molecule has 2 aliphatic rings. The molecule has 2 fully saturated rings. The molecule has 2 aliphatic heterocycles. The van der Waals surface area contributed by atoms with Gasteiger partial charge in [0.1, 0.15) is 6.23 Å². The van der Waals surface area contributed by atoms with Gasteiger partial charge in [0.2, 0.25) is 5.91 Å². The van der Waals surface area contributed by atoms with Crippen molar-refractivity contribution in [2.75, 3.05) is 13.2 Å². The van der Waals surface area contributed by atoms with Crippen molar-refractivity contribution in [2.24, 2.45) is 0 Å². The minimum absolute atomic E-state index is 0.103. The fourth-order valence-electron chi connectivity index (χ4n) is 2.17. The van der Waals surface area contributed by atoms with Crippen LogP contribution in [0.25, 0.3) is 0 Å². The van der Waals surface area contributed by atoms with Gasteiger partial charge in [0.05, 0.1) is 12.7 Å². The molecule has 2 heterocycles. The summed E-state index contributed by atoms with van der Waals surface area (Å²) in [4.78, 5) is 24.2. The number of carbonyl (C=O) groups is 2. The van der Waals surface area contributed by atoms with E-state index in [2.05, 4.69) is 6.58 Å². The molecular formula is C12H17NO4. The van der Waals surface area contributed by atoms with Crippen LogP contribution in [0.1, 0.15) is 25.7 Å². The zero-order valence-corrected chi connectivity index (χ0v) is 9.76. The summed E-state index contributed by atoms with van der Waals surface area (Å²) in [6.07, 6.45) is 3.75. The first-order valence-electron chi connectivity index (χ1n) is 5.94. The van der Waals surface area contributed by atoms with Crippen molar-refractivity contribution >= 4 is 11.8 Å². The number of nitrogens with zero attached hydrogens (tertiary/aromatic N) is 1. The number of amides is 2. The molecule has 0 bridgehead atoms. The van der Waals surface area contributed by atoms with Crippen LogP contribution in [0.2, 0.25) is 0 Å². The van der Waals surface area contributed by atoms with Crippen molar-refractivity contribution < 1.29 is 19.1 Å². The van der Waals surface area contributed by atoms with E-state index in [1.54, 1.807) is 0 Å². The standard InChI is InChI=1S/C12H17NO4/c1-2-10(14)13-11(15)5-6-12(13)17-8-9-4-3-7-16-9/h2,9,12H,1,3-8H2. The summed E-state index contributed by atoms with van der Waals surface area (Å²) in [5.74, 6) is -0.572. The molecule has 5 nitrogen and oxygen atoms in total. The molecule has 2 atom stereocenters. The number of hydrogen-bond acceptors (Lipinski definition) is 4. The van der Waals surface area contributed by atoms with Crippen molar-refractivity contribution in [3.63, 3.8) is 0 Å². The normalized spacial score (nSPS) is 28.7. The smallest absolute Gasteiger partial charge is 0.254 e. The summed E-state index contributed by atoms with van der Waals surface area (Å²) < 4.78 is 11.0. The molecule has 0 aromatic rings. The first-order chi connectivity index (χ1) is 8.22. The lowest BCUT2D eigenvalue weighted by atomic mass is 10.2. The lowest BCUT2D eigenvalue weighted by Gasteiger charge is -2.23. The number of rotatable bonds is 4. The summed E-state index contributed by atoms with van der Waals surface area (Å²) in [7, 11) is 0. The van der Waals surface area contributed by atoms with Gasteiger partial charge in [0.15, 0.2) is 0 Å². The third kappa shape index (κ3) is 2.73. The molecule has 2 amide bonds. The van der Waals surface area contributed by atoms with Crippen molar-refractivity contribution in [3.05, 3.63) is 12.7 Å². The molecule has 2 unspecified atom stereocenters. The largest absolute Gasteiger partial charge is 0.376 e. The van der Waals surface area contributed by atoms with Gasteiger partial charge >= 0.3 is 0 Å². The molecule has 0 radical (unpaired) electrons. The maximum atomic E-state index is 11.5. The molecule has 17 heavy (non-hydrogen) atoms. The molecule has 0 aromatic carbocycles. The Morgan fingerprint density at radius 3 is 3.06 bits per heavy atom. The highest BCUT2D eigenvalue weighted by atomic mass is 16.5. The quantitative estimate of drug-likeness (QED) is 0.682. The predicted molar refractivity (Wildman–Crippen MR) is 60.0 cm³/mol. The summed E-state index contributed by atoms with van der Waals surface area (Å²) in [5.41, 5.74) is 0. The van der Waals surface area contributed by atoms with E-state index in [1.165, 1.54) is 0 Å². The SMILES string of the molecule is C=CC(=O)N1C(=O)CCC1OCC1CCCO1. The monoisotopic (exact) mass is 239 g/mol. The van der Waals surface area contributed by atoms with Gasteiger partial charge in [-0.2, -0.15) is 0 Å². The lowest BCUT2D eigenvalue weighted by molar-refractivity contribution is -0.152. The number of ether oxygens (including phenoxy) is 2. The summed E-state index contributed by atoms with van der Waals surface area (Å²) in [6, 6.07) is 0. The zero-order valence-electron chi connectivity index (χ0n) is 9.76. The molecule has 94 valence electrons. The minimum Gasteiger partial charge on any atom is -0.376 e. The highest BCUT2D eigenvalue weighted by molar-refractivity contribution is 6.01. The average molecular weight is 239 g/mol. The van der Waals surface area contributed by atoms with E-state index in [0.717, 1.165) is 30.4 Å². The minimum atomic E-state index is -0.447. The van der Waals surface area contributed by atoms with Crippen molar-refractivity contribution in [2.45, 2.75) is 38.0 Å². The molecule has 0 N–H and O–H groups in total. The van der Waals surface area contributed by atoms with Crippen molar-refractivity contribution in [1.82, 2.24) is 4.90 Å². The predicted octanol–water partition coefficient (Wildman–Crippen LogP) is 0.843. The van der Waals surface area contributed by atoms with Crippen LogP contribution in [0, 0.1) is 0 Å². The molecule has 2 rings (SSSR count). The second-order valence-electron chi connectivity index (χ2n) is 4.27. The highest BCUT2D eigenvalue weighted by Crippen LogP contribution is 2.22. The van der Waals surface area contributed by atoms with Gasteiger partial charge in [0, 0.05) is 19.4 Å². The van der Waals surface area contributed by atoms with E-state index >= 15 is 0 Å². The van der Waals surface area contributed by atoms with Crippen LogP contribution in [0.15, 0.2) is 12.7 Å². The van der Waals surface area contributed by atoms with Crippen molar-refractivity contribution in [3.8, 4) is 0 Å². The Morgan fingerprint density at radius 2 is 2.41 bits per heavy atom. The van der Waals surface area contributed by atoms with Gasteiger partial charge in [-0.3, -0.25) is 14.5 Å². The van der Waals surface area contributed by atoms with E-state index in [-0.39, 0.29) is 17.9 Å². The van der Waals surface area contributed by atoms with E-state index < -0.39 is 6.23 Å². The van der Waals surface area contributed by atoms with E-state index in [4.69, 9.17) is 9.47 Å². The first kappa shape index (κ1) is 12.3. The Balaban J connectivity index is 1.88. The van der Waals surface area contributed by atoms with Gasteiger partial charge in [-0.1, -0.05) is 6.58 Å². The Kier molecular flexibility index (Phi) is 3.91. The van der Waals surface area contributed by atoms with Gasteiger partial charge in [0.25, 0.3) is 5.91 Å². The average Bonchev–Trinajstić information content (AvgIpc) is 2.95. The van der Waals surface area contributed by atoms with Crippen LogP contribution in [-0.4, -0.2) is 42.3 Å². The third-order valence-corrected chi connectivity index (χ3v) is 3.07. The lowest BCUT2D eigenvalue weighted by Crippen LogP contribution is -2.40. The van der Waals surface area contributed by atoms with Gasteiger partial charge < -0.3 is 9.47 Å². The second-order valence-corrected chi connectivity index (χ2v) is 4.27. The van der Waals surface area contributed by atoms with E-state index in [0.29, 0.717) is 19.4 Å². The summed E-state index contributed by atoms with van der Waals surface area (Å²) in [6.45, 7) is 4.60. The second kappa shape index (κ2) is 5.42. The number of imide groups is 1. The molecular weight excluding hydrogens is 222 g/mol. The van der Waals surface area contributed by atoms with Crippen LogP contribution in [-0.2, 0) is 19.1 Å². The third-order valence-electron chi connectivity index (χ3n) is 3.07. The molecule has 0 spiro atoms. The molecule has 5 heteroatoms. The molecule has 0 saturated carbocycles. The van der Waals surface area contributed by atoms with Crippen LogP contribution in [0.3, 0.4) is 0 Å². The van der Waals surface area contributed by atoms with Crippen LogP contribution in [0.5, 0.6) is 0 Å². The summed E-state index contributed by atoms with van der Waals surface area (Å²) in [5, 5.41) is 0. The number of likely N-dealkylation sites (tertiary alicyclic amines) is 1. The van der Waals surface area contributed by atoms with Crippen LogP contribution < -0.4 is 0 Å². The molecule has 0 aromatic heterocycles. The topological polar surface area (TPSA) is 55.8 Å². The first-order valence-corrected chi connectivity index (χ1v) is 5.94. The maximum Gasteiger partial charge on any atom is 0.254 e. The molecule has 2 saturated heterocycles. The fourth-order valence-corrected chi connectivity index (χ4v) is 2.17.